The number of allylic oxidation sites excluding steroid dienone is 1. The maximum Gasteiger partial charge on any atom is 0.351 e. The summed E-state index contributed by atoms with van der Waals surface area (Å²) in [7, 11) is 0. The van der Waals surface area contributed by atoms with Crippen LogP contribution in [0, 0.1) is 11.3 Å². The number of ether oxygens (including phenoxy) is 1. The van der Waals surface area contributed by atoms with Crippen LogP contribution >= 0.6 is 0 Å². The van der Waals surface area contributed by atoms with Gasteiger partial charge in [-0.05, 0) is 24.8 Å². The molecule has 1 aliphatic heterocycles. The van der Waals surface area contributed by atoms with Crippen LogP contribution in [0.5, 0.6) is 0 Å². The van der Waals surface area contributed by atoms with Crippen LogP contribution in [0.4, 0.5) is 0 Å². The maximum atomic E-state index is 11.9. The number of benzene rings is 1. The normalized spacial score (nSPS) is 17.0. The predicted molar refractivity (Wildman–Crippen MR) is 70.7 cm³/mol. The fourth-order valence-electron chi connectivity index (χ4n) is 2.00. The number of piperidine rings is 1. The van der Waals surface area contributed by atoms with Gasteiger partial charge in [-0.3, -0.25) is 0 Å². The summed E-state index contributed by atoms with van der Waals surface area (Å²) in [6.07, 6.45) is 2.81. The summed E-state index contributed by atoms with van der Waals surface area (Å²) in [5, 5.41) is 12.2. The topological polar surface area (TPSA) is 62.1 Å². The minimum Gasteiger partial charge on any atom is -0.457 e. The Morgan fingerprint density at radius 1 is 1.32 bits per heavy atom. The Morgan fingerprint density at radius 2 is 2.11 bits per heavy atom. The van der Waals surface area contributed by atoms with Gasteiger partial charge < -0.3 is 10.1 Å². The molecule has 1 aromatic carbocycles. The number of nitrogens with zero attached hydrogens (tertiary/aromatic N) is 1. The summed E-state index contributed by atoms with van der Waals surface area (Å²) < 4.78 is 5.18. The summed E-state index contributed by atoms with van der Waals surface area (Å²) in [4.78, 5) is 11.9. The van der Waals surface area contributed by atoms with Gasteiger partial charge in [-0.25, -0.2) is 4.79 Å². The Labute approximate surface area is 112 Å². The fraction of sp³-hybridized carbons (Fsp3) is 0.333. The Hall–Kier alpha value is -2.28. The molecule has 98 valence electrons. The highest BCUT2D eigenvalue weighted by molar-refractivity contribution is 5.93. The number of esters is 1. The monoisotopic (exact) mass is 256 g/mol. The number of carbonyl (C=O) groups excluding carboxylic acids is 1. The first-order chi connectivity index (χ1) is 9.31. The van der Waals surface area contributed by atoms with Crippen molar-refractivity contribution in [2.24, 2.45) is 0 Å². The smallest absolute Gasteiger partial charge is 0.351 e. The molecule has 1 aromatic rings. The molecular formula is C15H16N2O2. The van der Waals surface area contributed by atoms with E-state index in [0.717, 1.165) is 31.4 Å². The zero-order valence-electron chi connectivity index (χ0n) is 10.7. The number of nitrogens with one attached hydrogen (secondary N) is 1. The van der Waals surface area contributed by atoms with Crippen LogP contribution < -0.4 is 5.32 Å². The molecular weight excluding hydrogens is 240 g/mol. The van der Waals surface area contributed by atoms with E-state index in [4.69, 9.17) is 10.00 Å². The average molecular weight is 256 g/mol. The van der Waals surface area contributed by atoms with Crippen LogP contribution in [0.3, 0.4) is 0 Å². The van der Waals surface area contributed by atoms with Crippen molar-refractivity contribution in [3.63, 3.8) is 0 Å². The van der Waals surface area contributed by atoms with E-state index in [0.29, 0.717) is 5.70 Å². The van der Waals surface area contributed by atoms with Gasteiger partial charge in [0.15, 0.2) is 5.57 Å². The molecule has 0 amide bonds. The van der Waals surface area contributed by atoms with Gasteiger partial charge >= 0.3 is 5.97 Å². The molecule has 1 heterocycles. The van der Waals surface area contributed by atoms with Crippen LogP contribution in [0.1, 0.15) is 24.8 Å². The molecule has 2 rings (SSSR count). The molecule has 0 aliphatic carbocycles. The minimum absolute atomic E-state index is 0.107. The molecule has 1 aliphatic rings. The molecule has 0 unspecified atom stereocenters. The van der Waals surface area contributed by atoms with Gasteiger partial charge in [0, 0.05) is 12.2 Å². The second kappa shape index (κ2) is 6.60. The minimum atomic E-state index is -0.546. The van der Waals surface area contributed by atoms with Gasteiger partial charge in [0.25, 0.3) is 0 Å². The standard InChI is InChI=1S/C15H16N2O2/c16-10-13(14-8-4-5-9-17-14)15(18)19-11-12-6-2-1-3-7-12/h1-3,6-7,17H,4-5,8-9,11H2/b14-13-. The number of carbonyl (C=O) groups is 1. The second-order valence-electron chi connectivity index (χ2n) is 4.41. The van der Waals surface area contributed by atoms with Gasteiger partial charge in [0.1, 0.15) is 12.7 Å². The van der Waals surface area contributed by atoms with E-state index >= 15 is 0 Å². The fourth-order valence-corrected chi connectivity index (χ4v) is 2.00. The van der Waals surface area contributed by atoms with E-state index in [2.05, 4.69) is 5.32 Å². The summed E-state index contributed by atoms with van der Waals surface area (Å²) >= 11 is 0. The van der Waals surface area contributed by atoms with Crippen molar-refractivity contribution in [2.75, 3.05) is 6.54 Å². The number of nitriles is 1. The average Bonchev–Trinajstić information content (AvgIpc) is 2.48. The molecule has 4 nitrogen and oxygen atoms in total. The lowest BCUT2D eigenvalue weighted by Crippen LogP contribution is -2.24. The lowest BCUT2D eigenvalue weighted by molar-refractivity contribution is -0.139. The SMILES string of the molecule is N#C/C(C(=O)OCc1ccccc1)=C1\CCCCN1. The summed E-state index contributed by atoms with van der Waals surface area (Å²) in [5.74, 6) is -0.546. The van der Waals surface area contributed by atoms with Gasteiger partial charge in [0.05, 0.1) is 0 Å². The van der Waals surface area contributed by atoms with Gasteiger partial charge in [0.2, 0.25) is 0 Å². The first-order valence-electron chi connectivity index (χ1n) is 6.39. The van der Waals surface area contributed by atoms with Gasteiger partial charge in [-0.1, -0.05) is 30.3 Å². The quantitative estimate of drug-likeness (QED) is 0.512. The van der Waals surface area contributed by atoms with Crippen molar-refractivity contribution in [1.29, 1.82) is 5.26 Å². The highest BCUT2D eigenvalue weighted by Gasteiger charge is 2.18. The molecule has 19 heavy (non-hydrogen) atoms. The highest BCUT2D eigenvalue weighted by Crippen LogP contribution is 2.16. The Balaban J connectivity index is 2.00. The first kappa shape index (κ1) is 13.2. The van der Waals surface area contributed by atoms with E-state index in [9.17, 15) is 4.79 Å². The molecule has 0 bridgehead atoms. The predicted octanol–water partition coefficient (Wildman–Crippen LogP) is 2.28. The van der Waals surface area contributed by atoms with Crippen LogP contribution in [-0.4, -0.2) is 12.5 Å². The van der Waals surface area contributed by atoms with Crippen LogP contribution in [-0.2, 0) is 16.1 Å². The maximum absolute atomic E-state index is 11.9. The van der Waals surface area contributed by atoms with E-state index in [1.165, 1.54) is 0 Å². The molecule has 1 saturated heterocycles. The summed E-state index contributed by atoms with van der Waals surface area (Å²) in [6.45, 7) is 1.00. The van der Waals surface area contributed by atoms with Gasteiger partial charge in [-0.2, -0.15) is 5.26 Å². The zero-order chi connectivity index (χ0) is 13.5. The van der Waals surface area contributed by atoms with Crippen LogP contribution in [0.15, 0.2) is 41.6 Å². The van der Waals surface area contributed by atoms with E-state index in [1.54, 1.807) is 0 Å². The third-order valence-electron chi connectivity index (χ3n) is 3.02. The van der Waals surface area contributed by atoms with Crippen molar-refractivity contribution in [1.82, 2.24) is 5.32 Å². The number of hydrogen-bond acceptors (Lipinski definition) is 4. The van der Waals surface area contributed by atoms with E-state index in [-0.39, 0.29) is 12.2 Å². The molecule has 0 saturated carbocycles. The molecule has 4 heteroatoms. The highest BCUT2D eigenvalue weighted by atomic mass is 16.5. The molecule has 0 atom stereocenters. The van der Waals surface area contributed by atoms with Crippen molar-refractivity contribution in [3.05, 3.63) is 47.2 Å². The molecule has 1 N–H and O–H groups in total. The molecule has 1 fully saturated rings. The molecule has 0 radical (unpaired) electrons. The van der Waals surface area contributed by atoms with Crippen LogP contribution in [0.25, 0.3) is 0 Å². The zero-order valence-corrected chi connectivity index (χ0v) is 10.7. The Bertz CT molecular complexity index is 507. The second-order valence-corrected chi connectivity index (χ2v) is 4.41. The largest absolute Gasteiger partial charge is 0.457 e. The Kier molecular flexibility index (Phi) is 4.57. The molecule has 0 aromatic heterocycles. The van der Waals surface area contributed by atoms with Crippen molar-refractivity contribution in [3.8, 4) is 6.07 Å². The molecule has 0 spiro atoms. The lowest BCUT2D eigenvalue weighted by Gasteiger charge is -2.17. The third kappa shape index (κ3) is 3.59. The van der Waals surface area contributed by atoms with Gasteiger partial charge in [-0.15, -0.1) is 0 Å². The van der Waals surface area contributed by atoms with Crippen molar-refractivity contribution < 1.29 is 9.53 Å². The first-order valence-corrected chi connectivity index (χ1v) is 6.39. The van der Waals surface area contributed by atoms with Crippen LogP contribution in [0.2, 0.25) is 0 Å². The summed E-state index contributed by atoms with van der Waals surface area (Å²) in [5.41, 5.74) is 1.73. The number of rotatable bonds is 3. The van der Waals surface area contributed by atoms with E-state index < -0.39 is 5.97 Å². The lowest BCUT2D eigenvalue weighted by atomic mass is 10.1. The van der Waals surface area contributed by atoms with Crippen molar-refractivity contribution in [2.45, 2.75) is 25.9 Å². The van der Waals surface area contributed by atoms with E-state index in [1.807, 2.05) is 36.4 Å². The third-order valence-corrected chi connectivity index (χ3v) is 3.02. The van der Waals surface area contributed by atoms with Crippen molar-refractivity contribution >= 4 is 5.97 Å². The Morgan fingerprint density at radius 3 is 2.74 bits per heavy atom. The summed E-state index contributed by atoms with van der Waals surface area (Å²) in [6, 6.07) is 11.4. The number of hydrogen-bond donors (Lipinski definition) is 1.